The number of halogens is 2. The van der Waals surface area contributed by atoms with Crippen LogP contribution < -0.4 is 20.7 Å². The van der Waals surface area contributed by atoms with Crippen molar-refractivity contribution in [1.29, 1.82) is 0 Å². The number of amides is 1. The minimum atomic E-state index is -0.693. The van der Waals surface area contributed by atoms with Crippen molar-refractivity contribution in [2.75, 3.05) is 56.1 Å². The second-order valence-electron chi connectivity index (χ2n) is 15.8. The third-order valence-corrected chi connectivity index (χ3v) is 12.4. The summed E-state index contributed by atoms with van der Waals surface area (Å²) in [5.74, 6) is 0.749. The minimum absolute atomic E-state index is 0.199. The third-order valence-electron chi connectivity index (χ3n) is 12.1. The number of aldehydes is 1. The predicted molar refractivity (Wildman–Crippen MR) is 219 cm³/mol. The van der Waals surface area contributed by atoms with Gasteiger partial charge >= 0.3 is 0 Å². The summed E-state index contributed by atoms with van der Waals surface area (Å²) in [6.07, 6.45) is 5.25. The molecule has 0 radical (unpaired) electrons. The van der Waals surface area contributed by atoms with Crippen LogP contribution in [0.4, 0.5) is 15.9 Å². The van der Waals surface area contributed by atoms with Crippen molar-refractivity contribution in [3.8, 4) is 5.69 Å². The maximum absolute atomic E-state index is 15.3. The lowest BCUT2D eigenvalue weighted by Crippen LogP contribution is -2.46. The van der Waals surface area contributed by atoms with Gasteiger partial charge in [-0.25, -0.2) is 9.37 Å². The molecule has 56 heavy (non-hydrogen) atoms. The van der Waals surface area contributed by atoms with Gasteiger partial charge in [-0.1, -0.05) is 41.9 Å². The predicted octanol–water partition coefficient (Wildman–Crippen LogP) is 6.73. The fourth-order valence-corrected chi connectivity index (χ4v) is 9.17. The molecule has 8 rings (SSSR count). The van der Waals surface area contributed by atoms with Crippen LogP contribution in [0.1, 0.15) is 79.4 Å². The van der Waals surface area contributed by atoms with Crippen LogP contribution in [0.5, 0.6) is 0 Å². The first-order valence-electron chi connectivity index (χ1n) is 19.6. The van der Waals surface area contributed by atoms with Crippen LogP contribution in [0.15, 0.2) is 77.7 Å². The molecule has 3 aliphatic heterocycles. The summed E-state index contributed by atoms with van der Waals surface area (Å²) < 4.78 is 17.4. The molecule has 12 heteroatoms. The summed E-state index contributed by atoms with van der Waals surface area (Å²) in [5.41, 5.74) is 5.92. The van der Waals surface area contributed by atoms with Crippen molar-refractivity contribution < 1.29 is 14.0 Å². The second-order valence-corrected chi connectivity index (χ2v) is 16.2. The molecule has 2 aromatic heterocycles. The van der Waals surface area contributed by atoms with E-state index in [4.69, 9.17) is 16.6 Å². The lowest BCUT2D eigenvalue weighted by atomic mass is 9.83. The number of hydrogen-bond acceptors (Lipinski definition) is 8. The highest BCUT2D eigenvalue weighted by Crippen LogP contribution is 2.45. The summed E-state index contributed by atoms with van der Waals surface area (Å²) in [6.45, 7) is 10.1. The quantitative estimate of drug-likeness (QED) is 0.156. The van der Waals surface area contributed by atoms with E-state index in [2.05, 4.69) is 73.7 Å². The molecule has 2 fully saturated rings. The number of pyridine rings is 1. The van der Waals surface area contributed by atoms with Crippen LogP contribution in [0.2, 0.25) is 5.02 Å². The number of benzene rings is 3. The van der Waals surface area contributed by atoms with E-state index >= 15 is 4.39 Å². The number of carbonyl (C=O) groups is 2. The van der Waals surface area contributed by atoms with E-state index in [-0.39, 0.29) is 24.3 Å². The highest BCUT2D eigenvalue weighted by atomic mass is 35.5. The average molecular weight is 776 g/mol. The van der Waals surface area contributed by atoms with Gasteiger partial charge in [0.2, 0.25) is 5.91 Å². The van der Waals surface area contributed by atoms with Crippen molar-refractivity contribution in [1.82, 2.24) is 24.8 Å². The number of rotatable bonds is 10. The lowest BCUT2D eigenvalue weighted by Gasteiger charge is -2.36. The Bertz CT molecular complexity index is 2350. The molecule has 3 aromatic carbocycles. The lowest BCUT2D eigenvalue weighted by molar-refractivity contribution is -0.122. The number of hydrogen-bond donors (Lipinski definition) is 1. The summed E-state index contributed by atoms with van der Waals surface area (Å²) >= 11 is 6.50. The number of piperazine rings is 1. The number of nitrogens with zero attached hydrogens (tertiary/aromatic N) is 6. The van der Waals surface area contributed by atoms with E-state index < -0.39 is 17.2 Å². The van der Waals surface area contributed by atoms with Crippen LogP contribution in [-0.4, -0.2) is 77.9 Å². The van der Waals surface area contributed by atoms with Crippen LogP contribution in [0, 0.1) is 5.82 Å². The number of aromatic nitrogens is 3. The topological polar surface area (TPSA) is 104 Å². The van der Waals surface area contributed by atoms with E-state index in [0.29, 0.717) is 21.9 Å². The van der Waals surface area contributed by atoms with Gasteiger partial charge in [0.15, 0.2) is 0 Å². The van der Waals surface area contributed by atoms with Crippen molar-refractivity contribution >= 4 is 46.2 Å². The maximum atomic E-state index is 15.3. The van der Waals surface area contributed by atoms with Gasteiger partial charge in [-0.05, 0) is 92.1 Å². The van der Waals surface area contributed by atoms with E-state index in [1.807, 2.05) is 24.4 Å². The Morgan fingerprint density at radius 3 is 2.48 bits per heavy atom. The van der Waals surface area contributed by atoms with Gasteiger partial charge in [0.25, 0.3) is 5.56 Å². The molecule has 5 heterocycles. The van der Waals surface area contributed by atoms with Gasteiger partial charge in [-0.15, -0.1) is 0 Å². The first-order chi connectivity index (χ1) is 27.1. The Morgan fingerprint density at radius 1 is 1.00 bits per heavy atom. The summed E-state index contributed by atoms with van der Waals surface area (Å²) in [6, 6.07) is 21.8. The highest BCUT2D eigenvalue weighted by Gasteiger charge is 2.39. The first kappa shape index (κ1) is 37.8. The molecule has 0 saturated carbocycles. The van der Waals surface area contributed by atoms with Crippen LogP contribution in [0.3, 0.4) is 0 Å². The molecule has 1 N–H and O–H groups in total. The van der Waals surface area contributed by atoms with E-state index in [0.717, 1.165) is 105 Å². The number of piperidine rings is 1. The standard InChI is InChI=1S/C44H47ClFN7O3/c1-44(2)34-13-10-30(24-38(34)53-37-8-4-7-35(45)40(37)42(56)49-43(44)53)29-15-17-52(18-16-29)39-14-9-28(26-48-39)27-50-19-21-51(22-20-50)31-11-12-32(36(46)25-31)33(6-5-23-54)41(55)47-3/h4,7-14,23-26,29,33H,5-6,15-22,27H2,1-3H3,(H,47,55). The summed E-state index contributed by atoms with van der Waals surface area (Å²) in [4.78, 5) is 52.7. The van der Waals surface area contributed by atoms with Crippen LogP contribution >= 0.6 is 11.6 Å². The summed E-state index contributed by atoms with van der Waals surface area (Å²) in [7, 11) is 1.52. The van der Waals surface area contributed by atoms with E-state index in [9.17, 15) is 14.4 Å². The zero-order chi connectivity index (χ0) is 39.1. The fraction of sp³-hybridized carbons (Fsp3) is 0.386. The maximum Gasteiger partial charge on any atom is 0.282 e. The van der Waals surface area contributed by atoms with Gasteiger partial charge in [0, 0.05) is 76.7 Å². The van der Waals surface area contributed by atoms with Gasteiger partial charge in [-0.2, -0.15) is 4.98 Å². The smallest absolute Gasteiger partial charge is 0.282 e. The van der Waals surface area contributed by atoms with Gasteiger partial charge in [0.1, 0.15) is 23.7 Å². The SMILES string of the molecule is CNC(=O)C(CCC=O)c1ccc(N2CCN(Cc3ccc(N4CCC(c5ccc6c(c5)-n5c(nc(=O)c7c(Cl)cccc75)C6(C)C)CC4)nc3)CC2)cc1F. The molecule has 10 nitrogen and oxygen atoms in total. The van der Waals surface area contributed by atoms with Crippen molar-refractivity contribution in [2.45, 2.75) is 63.3 Å². The van der Waals surface area contributed by atoms with Gasteiger partial charge < -0.3 is 19.9 Å². The second kappa shape index (κ2) is 15.4. The average Bonchev–Trinajstić information content (AvgIpc) is 3.44. The van der Waals surface area contributed by atoms with Crippen molar-refractivity contribution in [3.63, 3.8) is 0 Å². The Hall–Kier alpha value is -5.13. The number of fused-ring (bicyclic) bond motifs is 5. The Balaban J connectivity index is 0.870. The Morgan fingerprint density at radius 2 is 1.79 bits per heavy atom. The zero-order valence-corrected chi connectivity index (χ0v) is 32.9. The normalized spacial score (nSPS) is 17.4. The molecule has 0 spiro atoms. The first-order valence-corrected chi connectivity index (χ1v) is 19.9. The number of carbonyl (C=O) groups excluding carboxylic acids is 2. The third kappa shape index (κ3) is 6.96. The van der Waals surface area contributed by atoms with Crippen LogP contribution in [-0.2, 0) is 21.5 Å². The van der Waals surface area contributed by atoms with E-state index in [1.54, 1.807) is 12.1 Å². The Kier molecular flexibility index (Phi) is 10.4. The molecule has 0 bridgehead atoms. The zero-order valence-electron chi connectivity index (χ0n) is 32.1. The molecule has 1 amide bonds. The van der Waals surface area contributed by atoms with Crippen molar-refractivity contribution in [3.05, 3.63) is 122 Å². The summed E-state index contributed by atoms with van der Waals surface area (Å²) in [5, 5.41) is 3.47. The number of nitrogens with one attached hydrogen (secondary N) is 1. The molecule has 1 atom stereocenters. The molecule has 0 aliphatic carbocycles. The largest absolute Gasteiger partial charge is 0.369 e. The molecule has 3 aliphatic rings. The molecule has 5 aromatic rings. The molecule has 2 saturated heterocycles. The van der Waals surface area contributed by atoms with Crippen LogP contribution in [0.25, 0.3) is 16.6 Å². The molecular weight excluding hydrogens is 729 g/mol. The monoisotopic (exact) mass is 775 g/mol. The van der Waals surface area contributed by atoms with Gasteiger partial charge in [-0.3, -0.25) is 19.1 Å². The molecular formula is C44H47ClFN7O3. The van der Waals surface area contributed by atoms with Crippen molar-refractivity contribution in [2.24, 2.45) is 0 Å². The highest BCUT2D eigenvalue weighted by molar-refractivity contribution is 6.35. The van der Waals surface area contributed by atoms with Gasteiger partial charge in [0.05, 0.1) is 32.9 Å². The molecule has 1 unspecified atom stereocenters. The number of anilines is 2. The fourth-order valence-electron chi connectivity index (χ4n) is 8.92. The number of likely N-dealkylation sites (N-methyl/N-ethyl adjacent to an activating group) is 1. The Labute approximate surface area is 331 Å². The van der Waals surface area contributed by atoms with E-state index in [1.165, 1.54) is 18.7 Å². The molecule has 290 valence electrons. The minimum Gasteiger partial charge on any atom is -0.369 e.